The molecule has 1 unspecified atom stereocenters. The van der Waals surface area contributed by atoms with Crippen molar-refractivity contribution in [3.63, 3.8) is 0 Å². The molecule has 1 saturated heterocycles. The van der Waals surface area contributed by atoms with E-state index in [1.165, 1.54) is 24.2 Å². The molecule has 0 spiro atoms. The normalized spacial score (nSPS) is 21.2. The van der Waals surface area contributed by atoms with Gasteiger partial charge >= 0.3 is 4.87 Å². The van der Waals surface area contributed by atoms with Gasteiger partial charge in [-0.1, -0.05) is 11.3 Å². The minimum Gasteiger partial charge on any atom is -0.316 e. The standard InChI is InChI=1S/C12H20N2OS/c1-9-10(2)16-12(15)14(9)7-5-11-4-3-6-13-8-11/h11,13H,3-8H2,1-2H3. The third-order valence-corrected chi connectivity index (χ3v) is 4.53. The summed E-state index contributed by atoms with van der Waals surface area (Å²) in [4.78, 5) is 13.1. The summed E-state index contributed by atoms with van der Waals surface area (Å²) in [7, 11) is 0. The van der Waals surface area contributed by atoms with Gasteiger partial charge in [-0.25, -0.2) is 0 Å². The third-order valence-electron chi connectivity index (χ3n) is 3.54. The smallest absolute Gasteiger partial charge is 0.307 e. The maximum atomic E-state index is 11.7. The molecule has 1 fully saturated rings. The Morgan fingerprint density at radius 3 is 2.88 bits per heavy atom. The summed E-state index contributed by atoms with van der Waals surface area (Å²) in [5.74, 6) is 0.750. The Bertz CT molecular complexity index is 402. The molecular formula is C12H20N2OS. The second kappa shape index (κ2) is 5.15. The van der Waals surface area contributed by atoms with Crippen LogP contribution in [0.3, 0.4) is 0 Å². The zero-order valence-corrected chi connectivity index (χ0v) is 10.9. The van der Waals surface area contributed by atoms with Crippen molar-refractivity contribution in [2.24, 2.45) is 5.92 Å². The summed E-state index contributed by atoms with van der Waals surface area (Å²) in [5.41, 5.74) is 1.15. The highest BCUT2D eigenvalue weighted by Gasteiger charge is 2.14. The molecule has 0 amide bonds. The minimum absolute atomic E-state index is 0.207. The van der Waals surface area contributed by atoms with Gasteiger partial charge in [-0.2, -0.15) is 0 Å². The van der Waals surface area contributed by atoms with E-state index in [0.29, 0.717) is 0 Å². The first-order valence-corrected chi connectivity index (χ1v) is 6.87. The van der Waals surface area contributed by atoms with Gasteiger partial charge in [0.15, 0.2) is 0 Å². The highest BCUT2D eigenvalue weighted by molar-refractivity contribution is 7.09. The topological polar surface area (TPSA) is 34.0 Å². The first-order chi connectivity index (χ1) is 7.68. The van der Waals surface area contributed by atoms with Gasteiger partial charge in [-0.05, 0) is 52.1 Å². The van der Waals surface area contributed by atoms with Gasteiger partial charge in [-0.3, -0.25) is 4.79 Å². The van der Waals surface area contributed by atoms with Crippen LogP contribution in [0.15, 0.2) is 4.79 Å². The zero-order chi connectivity index (χ0) is 11.5. The van der Waals surface area contributed by atoms with Crippen LogP contribution in [-0.2, 0) is 6.54 Å². The Morgan fingerprint density at radius 1 is 1.50 bits per heavy atom. The van der Waals surface area contributed by atoms with E-state index < -0.39 is 0 Å². The van der Waals surface area contributed by atoms with Crippen molar-refractivity contribution in [1.82, 2.24) is 9.88 Å². The molecule has 0 saturated carbocycles. The Hall–Kier alpha value is -0.610. The number of aryl methyl sites for hydroxylation is 1. The lowest BCUT2D eigenvalue weighted by Gasteiger charge is -2.22. The second-order valence-electron chi connectivity index (χ2n) is 4.66. The zero-order valence-electron chi connectivity index (χ0n) is 10.1. The van der Waals surface area contributed by atoms with E-state index in [2.05, 4.69) is 5.32 Å². The molecule has 1 aliphatic heterocycles. The van der Waals surface area contributed by atoms with Gasteiger partial charge in [0, 0.05) is 17.1 Å². The van der Waals surface area contributed by atoms with Gasteiger partial charge in [-0.15, -0.1) is 0 Å². The molecule has 4 heteroatoms. The number of hydrogen-bond acceptors (Lipinski definition) is 3. The summed E-state index contributed by atoms with van der Waals surface area (Å²) in [6.07, 6.45) is 3.72. The van der Waals surface area contributed by atoms with Crippen LogP contribution in [0.5, 0.6) is 0 Å². The fourth-order valence-electron chi connectivity index (χ4n) is 2.33. The molecule has 1 atom stereocenters. The summed E-state index contributed by atoms with van der Waals surface area (Å²) in [6, 6.07) is 0. The molecule has 16 heavy (non-hydrogen) atoms. The maximum Gasteiger partial charge on any atom is 0.307 e. The molecule has 1 aromatic rings. The number of rotatable bonds is 3. The predicted octanol–water partition coefficient (Wildman–Crippen LogP) is 1.92. The number of aromatic nitrogens is 1. The van der Waals surface area contributed by atoms with Crippen molar-refractivity contribution >= 4 is 11.3 Å². The van der Waals surface area contributed by atoms with E-state index in [4.69, 9.17) is 0 Å². The molecule has 0 bridgehead atoms. The van der Waals surface area contributed by atoms with Crippen molar-refractivity contribution in [2.45, 2.75) is 39.7 Å². The molecule has 1 aromatic heterocycles. The number of nitrogens with one attached hydrogen (secondary N) is 1. The SMILES string of the molecule is Cc1sc(=O)n(CCC2CCCNC2)c1C. The molecule has 90 valence electrons. The van der Waals surface area contributed by atoms with Crippen molar-refractivity contribution in [3.05, 3.63) is 20.2 Å². The molecule has 3 nitrogen and oxygen atoms in total. The first kappa shape index (κ1) is 11.9. The van der Waals surface area contributed by atoms with Crippen LogP contribution in [0.4, 0.5) is 0 Å². The minimum atomic E-state index is 0.207. The van der Waals surface area contributed by atoms with Crippen LogP contribution in [-0.4, -0.2) is 17.7 Å². The predicted molar refractivity (Wildman–Crippen MR) is 68.3 cm³/mol. The van der Waals surface area contributed by atoms with E-state index >= 15 is 0 Å². The number of piperidine rings is 1. The fourth-order valence-corrected chi connectivity index (χ4v) is 3.19. The molecule has 2 heterocycles. The van der Waals surface area contributed by atoms with Crippen LogP contribution < -0.4 is 10.2 Å². The average Bonchev–Trinajstić information content (AvgIpc) is 2.53. The Labute approximate surface area is 100 Å². The molecule has 1 N–H and O–H groups in total. The van der Waals surface area contributed by atoms with Crippen molar-refractivity contribution in [2.75, 3.05) is 13.1 Å². The molecule has 0 radical (unpaired) electrons. The lowest BCUT2D eigenvalue weighted by atomic mass is 9.96. The van der Waals surface area contributed by atoms with Crippen LogP contribution >= 0.6 is 11.3 Å². The molecule has 1 aliphatic rings. The van der Waals surface area contributed by atoms with Gasteiger partial charge in [0.05, 0.1) is 0 Å². The highest BCUT2D eigenvalue weighted by Crippen LogP contribution is 2.16. The Kier molecular flexibility index (Phi) is 3.82. The largest absolute Gasteiger partial charge is 0.316 e. The highest BCUT2D eigenvalue weighted by atomic mass is 32.1. The van der Waals surface area contributed by atoms with Crippen molar-refractivity contribution < 1.29 is 0 Å². The van der Waals surface area contributed by atoms with E-state index in [9.17, 15) is 4.79 Å². The Morgan fingerprint density at radius 2 is 2.31 bits per heavy atom. The number of thiazole rings is 1. The summed E-state index contributed by atoms with van der Waals surface area (Å²) in [5, 5.41) is 3.42. The fraction of sp³-hybridized carbons (Fsp3) is 0.750. The van der Waals surface area contributed by atoms with Crippen LogP contribution in [0, 0.1) is 19.8 Å². The summed E-state index contributed by atoms with van der Waals surface area (Å²) in [6.45, 7) is 7.25. The van der Waals surface area contributed by atoms with E-state index in [1.54, 1.807) is 0 Å². The summed E-state index contributed by atoms with van der Waals surface area (Å²) < 4.78 is 1.94. The third kappa shape index (κ3) is 2.55. The molecule has 0 aliphatic carbocycles. The van der Waals surface area contributed by atoms with E-state index in [-0.39, 0.29) is 4.87 Å². The number of hydrogen-bond donors (Lipinski definition) is 1. The Balaban J connectivity index is 1.96. The lowest BCUT2D eigenvalue weighted by Crippen LogP contribution is -2.31. The monoisotopic (exact) mass is 240 g/mol. The first-order valence-electron chi connectivity index (χ1n) is 6.06. The number of nitrogens with zero attached hydrogens (tertiary/aromatic N) is 1. The quantitative estimate of drug-likeness (QED) is 0.876. The molecule has 0 aromatic carbocycles. The van der Waals surface area contributed by atoms with Crippen LogP contribution in [0.2, 0.25) is 0 Å². The maximum absolute atomic E-state index is 11.7. The van der Waals surface area contributed by atoms with Crippen LogP contribution in [0.25, 0.3) is 0 Å². The van der Waals surface area contributed by atoms with E-state index in [1.807, 2.05) is 18.4 Å². The van der Waals surface area contributed by atoms with Crippen LogP contribution in [0.1, 0.15) is 29.8 Å². The van der Waals surface area contributed by atoms with Gasteiger partial charge in [0.2, 0.25) is 0 Å². The molecular weight excluding hydrogens is 220 g/mol. The summed E-state index contributed by atoms with van der Waals surface area (Å²) >= 11 is 1.37. The second-order valence-corrected chi connectivity index (χ2v) is 5.83. The average molecular weight is 240 g/mol. The van der Waals surface area contributed by atoms with Gasteiger partial charge in [0.1, 0.15) is 0 Å². The molecule has 2 rings (SSSR count). The van der Waals surface area contributed by atoms with Gasteiger partial charge < -0.3 is 9.88 Å². The van der Waals surface area contributed by atoms with Crippen molar-refractivity contribution in [1.29, 1.82) is 0 Å². The van der Waals surface area contributed by atoms with Crippen molar-refractivity contribution in [3.8, 4) is 0 Å². The van der Waals surface area contributed by atoms with E-state index in [0.717, 1.165) is 42.5 Å². The van der Waals surface area contributed by atoms with Gasteiger partial charge in [0.25, 0.3) is 0 Å². The lowest BCUT2D eigenvalue weighted by molar-refractivity contribution is 0.340.